The first-order valence-electron chi connectivity index (χ1n) is 5.42. The van der Waals surface area contributed by atoms with Gasteiger partial charge in [-0.1, -0.05) is 6.07 Å². The molecule has 0 radical (unpaired) electrons. The van der Waals surface area contributed by atoms with Crippen molar-refractivity contribution in [1.82, 2.24) is 10.2 Å². The maximum absolute atomic E-state index is 10.9. The molecular weight excluding hydrogens is 224 g/mol. The molecule has 1 fully saturated rings. The van der Waals surface area contributed by atoms with Gasteiger partial charge in [0.2, 0.25) is 0 Å². The number of aliphatic carboxylic acids is 1. The molecule has 88 valence electrons. The summed E-state index contributed by atoms with van der Waals surface area (Å²) in [6.45, 7) is 4.36. The second kappa shape index (κ2) is 4.95. The van der Waals surface area contributed by atoms with Crippen LogP contribution in [0.5, 0.6) is 0 Å². The van der Waals surface area contributed by atoms with E-state index in [9.17, 15) is 4.79 Å². The monoisotopic (exact) mass is 240 g/mol. The van der Waals surface area contributed by atoms with Gasteiger partial charge in [-0.2, -0.15) is 0 Å². The summed E-state index contributed by atoms with van der Waals surface area (Å²) in [5.74, 6) is -0.761. The molecule has 1 aliphatic rings. The minimum absolute atomic E-state index is 0.309. The topological polar surface area (TPSA) is 52.6 Å². The summed E-state index contributed by atoms with van der Waals surface area (Å²) < 4.78 is 0. The maximum atomic E-state index is 10.9. The van der Waals surface area contributed by atoms with Crippen LogP contribution in [-0.2, 0) is 4.79 Å². The van der Waals surface area contributed by atoms with Gasteiger partial charge < -0.3 is 10.4 Å². The molecular formula is C11H16N2O2S. The van der Waals surface area contributed by atoms with Gasteiger partial charge in [0.15, 0.2) is 0 Å². The molecule has 16 heavy (non-hydrogen) atoms. The number of piperazine rings is 1. The van der Waals surface area contributed by atoms with Gasteiger partial charge >= 0.3 is 5.97 Å². The lowest BCUT2D eigenvalue weighted by Crippen LogP contribution is -2.54. The first-order chi connectivity index (χ1) is 7.68. The Labute approximate surface area is 98.9 Å². The number of carboxylic acid groups (broad SMARTS) is 1. The Morgan fingerprint density at radius 2 is 2.56 bits per heavy atom. The van der Waals surface area contributed by atoms with Crippen molar-refractivity contribution in [3.8, 4) is 0 Å². The molecule has 0 aliphatic carbocycles. The van der Waals surface area contributed by atoms with E-state index >= 15 is 0 Å². The average molecular weight is 240 g/mol. The van der Waals surface area contributed by atoms with Crippen LogP contribution in [0.4, 0.5) is 0 Å². The predicted molar refractivity (Wildman–Crippen MR) is 63.7 cm³/mol. The number of carboxylic acids is 1. The van der Waals surface area contributed by atoms with Crippen LogP contribution >= 0.6 is 11.3 Å². The Hall–Kier alpha value is -0.910. The molecule has 1 aromatic heterocycles. The summed E-state index contributed by atoms with van der Waals surface area (Å²) in [7, 11) is 0. The molecule has 0 aromatic carbocycles. The minimum Gasteiger partial charge on any atom is -0.480 e. The number of carbonyl (C=O) groups is 1. The summed E-state index contributed by atoms with van der Waals surface area (Å²) in [4.78, 5) is 14.4. The van der Waals surface area contributed by atoms with Gasteiger partial charge in [0.25, 0.3) is 0 Å². The highest BCUT2D eigenvalue weighted by Crippen LogP contribution is 2.25. The quantitative estimate of drug-likeness (QED) is 0.832. The molecule has 4 nitrogen and oxygen atoms in total. The third kappa shape index (κ3) is 2.42. The summed E-state index contributed by atoms with van der Waals surface area (Å²) >= 11 is 1.72. The molecule has 2 rings (SSSR count). The first-order valence-corrected chi connectivity index (χ1v) is 6.30. The van der Waals surface area contributed by atoms with Gasteiger partial charge in [0, 0.05) is 30.6 Å². The smallest absolute Gasteiger partial charge is 0.322 e. The van der Waals surface area contributed by atoms with Crippen molar-refractivity contribution in [3.05, 3.63) is 22.4 Å². The van der Waals surface area contributed by atoms with Gasteiger partial charge in [-0.3, -0.25) is 9.69 Å². The van der Waals surface area contributed by atoms with E-state index in [1.807, 2.05) is 6.07 Å². The van der Waals surface area contributed by atoms with Crippen LogP contribution in [0.15, 0.2) is 17.5 Å². The van der Waals surface area contributed by atoms with Gasteiger partial charge in [0.05, 0.1) is 0 Å². The zero-order valence-electron chi connectivity index (χ0n) is 9.22. The van der Waals surface area contributed by atoms with Crippen molar-refractivity contribution >= 4 is 17.3 Å². The number of thiophene rings is 1. The van der Waals surface area contributed by atoms with Crippen LogP contribution in [0.2, 0.25) is 0 Å². The SMILES string of the molecule is CC(c1cccs1)N1CCNC(C(=O)O)C1. The number of rotatable bonds is 3. The normalized spacial score (nSPS) is 24.2. The molecule has 2 N–H and O–H groups in total. The average Bonchev–Trinajstić information content (AvgIpc) is 2.81. The second-order valence-electron chi connectivity index (χ2n) is 4.03. The van der Waals surface area contributed by atoms with E-state index in [1.54, 1.807) is 11.3 Å². The Kier molecular flexibility index (Phi) is 3.58. The second-order valence-corrected chi connectivity index (χ2v) is 5.01. The largest absolute Gasteiger partial charge is 0.480 e. The lowest BCUT2D eigenvalue weighted by Gasteiger charge is -2.35. The Morgan fingerprint density at radius 1 is 1.75 bits per heavy atom. The molecule has 2 atom stereocenters. The zero-order chi connectivity index (χ0) is 11.5. The highest BCUT2D eigenvalue weighted by Gasteiger charge is 2.28. The Bertz CT molecular complexity index is 353. The summed E-state index contributed by atoms with van der Waals surface area (Å²) in [6.07, 6.45) is 0. The van der Waals surface area contributed by atoms with Crippen LogP contribution in [0.25, 0.3) is 0 Å². The van der Waals surface area contributed by atoms with Crippen molar-refractivity contribution in [1.29, 1.82) is 0 Å². The summed E-state index contributed by atoms with van der Waals surface area (Å²) in [5, 5.41) is 14.1. The zero-order valence-corrected chi connectivity index (χ0v) is 10.0. The van der Waals surface area contributed by atoms with Crippen molar-refractivity contribution in [2.45, 2.75) is 19.0 Å². The van der Waals surface area contributed by atoms with Crippen molar-refractivity contribution in [2.75, 3.05) is 19.6 Å². The van der Waals surface area contributed by atoms with E-state index in [-0.39, 0.29) is 0 Å². The summed E-state index contributed by atoms with van der Waals surface area (Å²) in [5.41, 5.74) is 0. The third-order valence-electron chi connectivity index (χ3n) is 3.01. The van der Waals surface area contributed by atoms with Crippen LogP contribution in [0, 0.1) is 0 Å². The molecule has 0 saturated carbocycles. The fraction of sp³-hybridized carbons (Fsp3) is 0.545. The molecule has 0 spiro atoms. The maximum Gasteiger partial charge on any atom is 0.322 e. The first kappa shape index (κ1) is 11.6. The molecule has 1 aliphatic heterocycles. The van der Waals surface area contributed by atoms with Crippen LogP contribution in [-0.4, -0.2) is 41.7 Å². The third-order valence-corrected chi connectivity index (χ3v) is 4.05. The number of hydrogen-bond donors (Lipinski definition) is 2. The molecule has 0 amide bonds. The van der Waals surface area contributed by atoms with Crippen molar-refractivity contribution < 1.29 is 9.90 Å². The van der Waals surface area contributed by atoms with E-state index in [0.717, 1.165) is 13.1 Å². The number of nitrogens with one attached hydrogen (secondary N) is 1. The van der Waals surface area contributed by atoms with Gasteiger partial charge in [-0.15, -0.1) is 11.3 Å². The van der Waals surface area contributed by atoms with Crippen LogP contribution < -0.4 is 5.32 Å². The minimum atomic E-state index is -0.761. The number of hydrogen-bond acceptors (Lipinski definition) is 4. The van der Waals surface area contributed by atoms with E-state index in [2.05, 4.69) is 28.6 Å². The summed E-state index contributed by atoms with van der Waals surface area (Å²) in [6, 6.07) is 4.01. The van der Waals surface area contributed by atoms with Crippen LogP contribution in [0.1, 0.15) is 17.8 Å². The lowest BCUT2D eigenvalue weighted by molar-refractivity contribution is -0.140. The Balaban J connectivity index is 2.01. The van der Waals surface area contributed by atoms with E-state index in [0.29, 0.717) is 12.6 Å². The van der Waals surface area contributed by atoms with E-state index < -0.39 is 12.0 Å². The van der Waals surface area contributed by atoms with E-state index in [1.165, 1.54) is 4.88 Å². The molecule has 2 heterocycles. The highest BCUT2D eigenvalue weighted by atomic mass is 32.1. The molecule has 2 unspecified atom stereocenters. The molecule has 5 heteroatoms. The van der Waals surface area contributed by atoms with Gasteiger partial charge in [-0.25, -0.2) is 0 Å². The Morgan fingerprint density at radius 3 is 3.19 bits per heavy atom. The molecule has 1 saturated heterocycles. The van der Waals surface area contributed by atoms with E-state index in [4.69, 9.17) is 5.11 Å². The van der Waals surface area contributed by atoms with Crippen molar-refractivity contribution in [3.63, 3.8) is 0 Å². The molecule has 0 bridgehead atoms. The highest BCUT2D eigenvalue weighted by molar-refractivity contribution is 7.10. The predicted octanol–water partition coefficient (Wildman–Crippen LogP) is 1.17. The van der Waals surface area contributed by atoms with Crippen LogP contribution in [0.3, 0.4) is 0 Å². The number of nitrogens with zero attached hydrogens (tertiary/aromatic N) is 1. The standard InChI is InChI=1S/C11H16N2O2S/c1-8(10-3-2-6-16-10)13-5-4-12-9(7-13)11(14)15/h2-3,6,8-9,12H,4-5,7H2,1H3,(H,14,15). The van der Waals surface area contributed by atoms with Gasteiger partial charge in [0.1, 0.15) is 6.04 Å². The fourth-order valence-corrected chi connectivity index (χ4v) is 2.82. The van der Waals surface area contributed by atoms with Gasteiger partial charge in [-0.05, 0) is 18.4 Å². The molecule has 1 aromatic rings. The lowest BCUT2D eigenvalue weighted by atomic mass is 10.1. The van der Waals surface area contributed by atoms with Crippen molar-refractivity contribution in [2.24, 2.45) is 0 Å². The fourth-order valence-electron chi connectivity index (χ4n) is 2.00.